The molecule has 86 valence electrons. The minimum Gasteiger partial charge on any atom is -0.478 e. The van der Waals surface area contributed by atoms with E-state index < -0.39 is 11.5 Å². The fourth-order valence-electron chi connectivity index (χ4n) is 1.68. The highest BCUT2D eigenvalue weighted by molar-refractivity contribution is 5.89. The van der Waals surface area contributed by atoms with Gasteiger partial charge in [0.1, 0.15) is 0 Å². The molecule has 0 bridgehead atoms. The molecule has 0 amide bonds. The van der Waals surface area contributed by atoms with Crippen molar-refractivity contribution in [3.05, 3.63) is 47.5 Å². The van der Waals surface area contributed by atoms with Gasteiger partial charge in [-0.05, 0) is 37.5 Å². The fourth-order valence-corrected chi connectivity index (χ4v) is 1.68. The first-order valence-electron chi connectivity index (χ1n) is 5.12. The normalized spacial score (nSPS) is 14.2. The molecule has 1 aromatic rings. The van der Waals surface area contributed by atoms with Crippen molar-refractivity contribution < 1.29 is 9.90 Å². The van der Waals surface area contributed by atoms with Crippen LogP contribution < -0.4 is 5.73 Å². The molecule has 0 spiro atoms. The lowest BCUT2D eigenvalue weighted by molar-refractivity contribution is 0.0696. The number of aryl methyl sites for hydroxylation is 1. The Morgan fingerprint density at radius 1 is 1.62 bits per heavy atom. The van der Waals surface area contributed by atoms with Crippen molar-refractivity contribution in [2.45, 2.75) is 25.8 Å². The Balaban J connectivity index is 3.15. The van der Waals surface area contributed by atoms with Gasteiger partial charge in [0.05, 0.1) is 5.56 Å². The molecule has 0 saturated carbocycles. The standard InChI is InChI=1S/C13H17NO2/c1-4-7-13(3,14)10-5-6-11(12(15)16)9(2)8-10/h4-6,8H,1,7,14H2,2-3H3,(H,15,16). The summed E-state index contributed by atoms with van der Waals surface area (Å²) in [4.78, 5) is 10.9. The van der Waals surface area contributed by atoms with E-state index in [0.29, 0.717) is 12.0 Å². The van der Waals surface area contributed by atoms with E-state index in [2.05, 4.69) is 6.58 Å². The van der Waals surface area contributed by atoms with Gasteiger partial charge >= 0.3 is 5.97 Å². The number of carboxylic acids is 1. The van der Waals surface area contributed by atoms with Crippen LogP contribution in [0.5, 0.6) is 0 Å². The van der Waals surface area contributed by atoms with Crippen LogP contribution in [0.15, 0.2) is 30.9 Å². The second-order valence-electron chi connectivity index (χ2n) is 4.25. The summed E-state index contributed by atoms with van der Waals surface area (Å²) in [6.45, 7) is 7.35. The van der Waals surface area contributed by atoms with E-state index in [1.165, 1.54) is 0 Å². The summed E-state index contributed by atoms with van der Waals surface area (Å²) in [6.07, 6.45) is 2.42. The van der Waals surface area contributed by atoms with Crippen LogP contribution in [0.3, 0.4) is 0 Å². The number of aromatic carboxylic acids is 1. The predicted octanol–water partition coefficient (Wildman–Crippen LogP) is 2.44. The van der Waals surface area contributed by atoms with Gasteiger partial charge in [0, 0.05) is 5.54 Å². The third-order valence-corrected chi connectivity index (χ3v) is 2.68. The third-order valence-electron chi connectivity index (χ3n) is 2.68. The first-order chi connectivity index (χ1) is 7.38. The lowest BCUT2D eigenvalue weighted by Crippen LogP contribution is -2.32. The lowest BCUT2D eigenvalue weighted by atomic mass is 9.88. The minimum atomic E-state index is -0.911. The van der Waals surface area contributed by atoms with Gasteiger partial charge in [-0.1, -0.05) is 18.2 Å². The maximum atomic E-state index is 10.9. The molecular weight excluding hydrogens is 202 g/mol. The molecule has 0 aliphatic carbocycles. The first-order valence-corrected chi connectivity index (χ1v) is 5.12. The minimum absolute atomic E-state index is 0.318. The van der Waals surface area contributed by atoms with Crippen molar-refractivity contribution in [2.24, 2.45) is 5.73 Å². The summed E-state index contributed by atoms with van der Waals surface area (Å²) < 4.78 is 0. The molecule has 3 N–H and O–H groups in total. The van der Waals surface area contributed by atoms with Gasteiger partial charge < -0.3 is 10.8 Å². The molecule has 0 aliphatic heterocycles. The number of carbonyl (C=O) groups is 1. The molecule has 1 atom stereocenters. The van der Waals surface area contributed by atoms with E-state index >= 15 is 0 Å². The SMILES string of the molecule is C=CCC(C)(N)c1ccc(C(=O)O)c(C)c1. The molecule has 0 aliphatic rings. The molecule has 0 saturated heterocycles. The highest BCUT2D eigenvalue weighted by atomic mass is 16.4. The van der Waals surface area contributed by atoms with E-state index in [4.69, 9.17) is 10.8 Å². The van der Waals surface area contributed by atoms with E-state index in [1.54, 1.807) is 25.1 Å². The molecule has 1 unspecified atom stereocenters. The zero-order valence-corrected chi connectivity index (χ0v) is 9.66. The zero-order chi connectivity index (χ0) is 12.3. The Labute approximate surface area is 95.6 Å². The number of nitrogens with two attached hydrogens (primary N) is 1. The fraction of sp³-hybridized carbons (Fsp3) is 0.308. The molecule has 3 nitrogen and oxygen atoms in total. The van der Waals surface area contributed by atoms with Crippen molar-refractivity contribution >= 4 is 5.97 Å². The molecule has 3 heteroatoms. The second-order valence-corrected chi connectivity index (χ2v) is 4.25. The second kappa shape index (κ2) is 4.49. The summed E-state index contributed by atoms with van der Waals surface area (Å²) in [7, 11) is 0. The van der Waals surface area contributed by atoms with Gasteiger partial charge in [-0.3, -0.25) is 0 Å². The number of benzene rings is 1. The summed E-state index contributed by atoms with van der Waals surface area (Å²) in [5.74, 6) is -0.911. The van der Waals surface area contributed by atoms with Crippen LogP contribution in [0.25, 0.3) is 0 Å². The largest absolute Gasteiger partial charge is 0.478 e. The van der Waals surface area contributed by atoms with E-state index in [1.807, 2.05) is 13.0 Å². The maximum Gasteiger partial charge on any atom is 0.335 e. The van der Waals surface area contributed by atoms with Crippen LogP contribution in [-0.4, -0.2) is 11.1 Å². The van der Waals surface area contributed by atoms with Crippen LogP contribution in [0, 0.1) is 6.92 Å². The van der Waals surface area contributed by atoms with Crippen LogP contribution in [0.2, 0.25) is 0 Å². The van der Waals surface area contributed by atoms with Crippen LogP contribution in [-0.2, 0) is 5.54 Å². The Bertz CT molecular complexity index is 422. The van der Waals surface area contributed by atoms with Gasteiger partial charge in [-0.15, -0.1) is 6.58 Å². The number of carboxylic acid groups (broad SMARTS) is 1. The summed E-state index contributed by atoms with van der Waals surface area (Å²) in [6, 6.07) is 5.19. The Kier molecular flexibility index (Phi) is 3.50. The molecule has 0 radical (unpaired) electrons. The number of hydrogen-bond donors (Lipinski definition) is 2. The smallest absolute Gasteiger partial charge is 0.335 e. The highest BCUT2D eigenvalue weighted by Gasteiger charge is 2.20. The molecule has 0 fully saturated rings. The molecule has 1 rings (SSSR count). The van der Waals surface area contributed by atoms with Crippen LogP contribution >= 0.6 is 0 Å². The highest BCUT2D eigenvalue weighted by Crippen LogP contribution is 2.24. The average Bonchev–Trinajstić information content (AvgIpc) is 2.16. The van der Waals surface area contributed by atoms with E-state index in [0.717, 1.165) is 11.1 Å². The molecule has 0 aromatic heterocycles. The third kappa shape index (κ3) is 2.49. The first kappa shape index (κ1) is 12.5. The van der Waals surface area contributed by atoms with Crippen LogP contribution in [0.1, 0.15) is 34.8 Å². The topological polar surface area (TPSA) is 63.3 Å². The monoisotopic (exact) mass is 219 g/mol. The van der Waals surface area contributed by atoms with Gasteiger partial charge in [0.15, 0.2) is 0 Å². The quantitative estimate of drug-likeness (QED) is 0.764. The number of hydrogen-bond acceptors (Lipinski definition) is 2. The van der Waals surface area contributed by atoms with Gasteiger partial charge in [0.25, 0.3) is 0 Å². The van der Waals surface area contributed by atoms with E-state index in [9.17, 15) is 4.79 Å². The summed E-state index contributed by atoms with van der Waals surface area (Å²) >= 11 is 0. The Morgan fingerprint density at radius 3 is 2.69 bits per heavy atom. The van der Waals surface area contributed by atoms with Gasteiger partial charge in [0.2, 0.25) is 0 Å². The van der Waals surface area contributed by atoms with Crippen molar-refractivity contribution in [3.8, 4) is 0 Å². The predicted molar refractivity (Wildman–Crippen MR) is 64.5 cm³/mol. The number of rotatable bonds is 4. The van der Waals surface area contributed by atoms with Crippen molar-refractivity contribution in [2.75, 3.05) is 0 Å². The molecule has 1 aromatic carbocycles. The molecule has 0 heterocycles. The summed E-state index contributed by atoms with van der Waals surface area (Å²) in [5.41, 5.74) is 7.60. The van der Waals surface area contributed by atoms with E-state index in [-0.39, 0.29) is 0 Å². The Hall–Kier alpha value is -1.61. The van der Waals surface area contributed by atoms with Gasteiger partial charge in [-0.25, -0.2) is 4.79 Å². The van der Waals surface area contributed by atoms with Gasteiger partial charge in [-0.2, -0.15) is 0 Å². The Morgan fingerprint density at radius 2 is 2.25 bits per heavy atom. The molecular formula is C13H17NO2. The molecule has 16 heavy (non-hydrogen) atoms. The van der Waals surface area contributed by atoms with Crippen LogP contribution in [0.4, 0.5) is 0 Å². The van der Waals surface area contributed by atoms with Crippen molar-refractivity contribution in [1.82, 2.24) is 0 Å². The lowest BCUT2D eigenvalue weighted by Gasteiger charge is -2.24. The van der Waals surface area contributed by atoms with Crippen molar-refractivity contribution in [3.63, 3.8) is 0 Å². The maximum absolute atomic E-state index is 10.9. The zero-order valence-electron chi connectivity index (χ0n) is 9.66. The van der Waals surface area contributed by atoms with Crippen molar-refractivity contribution in [1.29, 1.82) is 0 Å². The average molecular weight is 219 g/mol. The summed E-state index contributed by atoms with van der Waals surface area (Å²) in [5, 5.41) is 8.92.